The van der Waals surface area contributed by atoms with Crippen LogP contribution in [0.3, 0.4) is 0 Å². The number of nitrogens with zero attached hydrogens (tertiary/aromatic N) is 2. The molecule has 2 aliphatic rings. The third kappa shape index (κ3) is 3.24. The Balaban J connectivity index is 1.71. The number of hydrogen-bond donors (Lipinski definition) is 2. The van der Waals surface area contributed by atoms with Crippen molar-refractivity contribution in [2.75, 3.05) is 29.9 Å². The van der Waals surface area contributed by atoms with Crippen LogP contribution in [0.4, 0.5) is 11.4 Å². The van der Waals surface area contributed by atoms with Crippen molar-refractivity contribution < 1.29 is 19.2 Å². The molecule has 2 N–H and O–H groups in total. The Morgan fingerprint density at radius 1 is 1.23 bits per heavy atom. The monoisotopic (exact) mass is 419 g/mol. The molecule has 1 aliphatic carbocycles. The van der Waals surface area contributed by atoms with Crippen molar-refractivity contribution in [3.05, 3.63) is 41.5 Å². The molecule has 7 heteroatoms. The molecule has 1 aromatic heterocycles. The van der Waals surface area contributed by atoms with Crippen LogP contribution in [0.2, 0.25) is 0 Å². The van der Waals surface area contributed by atoms with E-state index in [2.05, 4.69) is 29.2 Å². The molecular formula is C24H25N3O4. The van der Waals surface area contributed by atoms with Crippen LogP contribution in [-0.2, 0) is 4.79 Å². The van der Waals surface area contributed by atoms with Crippen LogP contribution in [-0.4, -0.2) is 41.7 Å². The number of rotatable bonds is 5. The molecule has 1 saturated heterocycles. The Bertz CT molecular complexity index is 1190. The van der Waals surface area contributed by atoms with Gasteiger partial charge in [-0.25, -0.2) is 0 Å². The number of nitrogens with one attached hydrogen (secondary N) is 1. The number of anilines is 2. The van der Waals surface area contributed by atoms with Gasteiger partial charge in [-0.3, -0.25) is 9.59 Å². The summed E-state index contributed by atoms with van der Waals surface area (Å²) < 4.78 is 5.80. The molecule has 0 amide bonds. The molecule has 0 saturated carbocycles. The van der Waals surface area contributed by atoms with E-state index in [1.807, 2.05) is 24.3 Å². The van der Waals surface area contributed by atoms with E-state index in [9.17, 15) is 9.59 Å². The van der Waals surface area contributed by atoms with Gasteiger partial charge >= 0.3 is 5.97 Å². The summed E-state index contributed by atoms with van der Waals surface area (Å²) in [6.45, 7) is 6.53. The van der Waals surface area contributed by atoms with Crippen molar-refractivity contribution in [2.24, 2.45) is 11.8 Å². The van der Waals surface area contributed by atoms with Crippen molar-refractivity contribution in [2.45, 2.75) is 26.7 Å². The minimum absolute atomic E-state index is 0.0358. The maximum atomic E-state index is 13.5. The first-order valence-electron chi connectivity index (χ1n) is 10.7. The van der Waals surface area contributed by atoms with Crippen molar-refractivity contribution in [1.29, 1.82) is 0 Å². The summed E-state index contributed by atoms with van der Waals surface area (Å²) in [5, 5.41) is 17.4. The zero-order valence-corrected chi connectivity index (χ0v) is 17.6. The van der Waals surface area contributed by atoms with Crippen LogP contribution in [0.5, 0.6) is 0 Å². The first kappa shape index (κ1) is 19.6. The van der Waals surface area contributed by atoms with Gasteiger partial charge in [0.25, 0.3) is 0 Å². The molecule has 0 unspecified atom stereocenters. The van der Waals surface area contributed by atoms with Crippen LogP contribution in [0.25, 0.3) is 22.2 Å². The number of ketones is 1. The van der Waals surface area contributed by atoms with Crippen molar-refractivity contribution >= 4 is 34.0 Å². The molecule has 2 atom stereocenters. The van der Waals surface area contributed by atoms with E-state index < -0.39 is 5.97 Å². The van der Waals surface area contributed by atoms with Crippen LogP contribution in [0, 0.1) is 11.8 Å². The fraction of sp³-hybridized carbons (Fsp3) is 0.375. The Kier molecular flexibility index (Phi) is 4.68. The zero-order chi connectivity index (χ0) is 21.7. The lowest BCUT2D eigenvalue weighted by Crippen LogP contribution is -2.39. The summed E-state index contributed by atoms with van der Waals surface area (Å²) in [5.41, 5.74) is 4.09. The first-order chi connectivity index (χ1) is 14.9. The molecule has 0 spiro atoms. The van der Waals surface area contributed by atoms with Crippen molar-refractivity contribution in [3.63, 3.8) is 0 Å². The van der Waals surface area contributed by atoms with E-state index in [0.29, 0.717) is 45.3 Å². The average molecular weight is 419 g/mol. The van der Waals surface area contributed by atoms with Crippen molar-refractivity contribution in [1.82, 2.24) is 5.16 Å². The maximum Gasteiger partial charge on any atom is 0.305 e. The SMILES string of the molecule is C[C@@H]1C[C@@H](C)CN(c2cc(NCCC(=O)O)c3c4c(onc24)-c2ccccc2C3=O)C1. The number of carboxylic acids is 1. The molecule has 1 fully saturated rings. The number of piperidine rings is 1. The normalized spacial score (nSPS) is 20.1. The van der Waals surface area contributed by atoms with Gasteiger partial charge in [0.05, 0.1) is 23.1 Å². The summed E-state index contributed by atoms with van der Waals surface area (Å²) in [6, 6.07) is 9.33. The quantitative estimate of drug-likeness (QED) is 0.495. The van der Waals surface area contributed by atoms with Gasteiger partial charge in [-0.05, 0) is 24.3 Å². The predicted molar refractivity (Wildman–Crippen MR) is 119 cm³/mol. The molecule has 160 valence electrons. The second-order valence-corrected chi connectivity index (χ2v) is 8.85. The number of aliphatic carboxylic acids is 1. The molecule has 7 nitrogen and oxygen atoms in total. The summed E-state index contributed by atoms with van der Waals surface area (Å²) in [5.74, 6) is 0.707. The standard InChI is InChI=1S/C24H25N3O4/c1-13-9-14(2)12-27(11-13)18-10-17(25-8-7-19(28)29)20-21-22(18)26-31-24(21)16-6-4-3-5-15(16)23(20)30/h3-6,10,13-14,25H,7-9,11-12H2,1-2H3,(H,28,29)/t13-,14-/m1/s1. The summed E-state index contributed by atoms with van der Waals surface area (Å²) in [7, 11) is 0. The molecule has 2 heterocycles. The van der Waals surface area contributed by atoms with Gasteiger partial charge in [0.2, 0.25) is 0 Å². The molecule has 0 bridgehead atoms. The van der Waals surface area contributed by atoms with Crippen LogP contribution < -0.4 is 10.2 Å². The average Bonchev–Trinajstić information content (AvgIpc) is 3.16. The second kappa shape index (κ2) is 7.41. The highest BCUT2D eigenvalue weighted by atomic mass is 16.5. The van der Waals surface area contributed by atoms with Gasteiger partial charge in [-0.1, -0.05) is 43.3 Å². The number of benzene rings is 2. The van der Waals surface area contributed by atoms with E-state index >= 15 is 0 Å². The number of carboxylic acid groups (broad SMARTS) is 1. The molecular weight excluding hydrogens is 394 g/mol. The molecule has 5 rings (SSSR count). The van der Waals surface area contributed by atoms with E-state index in [1.54, 1.807) is 6.07 Å². The Morgan fingerprint density at radius 2 is 1.94 bits per heavy atom. The number of hydrogen-bond acceptors (Lipinski definition) is 6. The van der Waals surface area contributed by atoms with E-state index in [-0.39, 0.29) is 18.7 Å². The molecule has 0 radical (unpaired) electrons. The van der Waals surface area contributed by atoms with Crippen LogP contribution in [0.1, 0.15) is 42.6 Å². The minimum atomic E-state index is -0.886. The largest absolute Gasteiger partial charge is 0.481 e. The number of aromatic nitrogens is 1. The number of carbonyl (C=O) groups excluding carboxylic acids is 1. The second-order valence-electron chi connectivity index (χ2n) is 8.85. The fourth-order valence-electron chi connectivity index (χ4n) is 5.09. The third-order valence-electron chi connectivity index (χ3n) is 6.24. The number of carbonyl (C=O) groups is 2. The minimum Gasteiger partial charge on any atom is -0.481 e. The molecule has 3 aromatic rings. The lowest BCUT2D eigenvalue weighted by Gasteiger charge is -2.37. The van der Waals surface area contributed by atoms with E-state index in [4.69, 9.17) is 9.63 Å². The maximum absolute atomic E-state index is 13.5. The van der Waals surface area contributed by atoms with Gasteiger partial charge in [0.15, 0.2) is 11.5 Å². The van der Waals surface area contributed by atoms with E-state index in [0.717, 1.165) is 24.3 Å². The van der Waals surface area contributed by atoms with Gasteiger partial charge in [-0.2, -0.15) is 0 Å². The van der Waals surface area contributed by atoms with Gasteiger partial charge in [-0.15, -0.1) is 0 Å². The topological polar surface area (TPSA) is 95.7 Å². The highest BCUT2D eigenvalue weighted by molar-refractivity contribution is 6.28. The lowest BCUT2D eigenvalue weighted by atomic mass is 9.85. The highest BCUT2D eigenvalue weighted by Gasteiger charge is 2.34. The van der Waals surface area contributed by atoms with E-state index in [1.165, 1.54) is 6.42 Å². The molecule has 31 heavy (non-hydrogen) atoms. The zero-order valence-electron chi connectivity index (χ0n) is 17.6. The summed E-state index contributed by atoms with van der Waals surface area (Å²) >= 11 is 0. The summed E-state index contributed by atoms with van der Waals surface area (Å²) in [6.07, 6.45) is 1.14. The first-order valence-corrected chi connectivity index (χ1v) is 10.7. The Labute approximate surface area is 180 Å². The van der Waals surface area contributed by atoms with Gasteiger partial charge in [0, 0.05) is 36.4 Å². The molecule has 1 aliphatic heterocycles. The summed E-state index contributed by atoms with van der Waals surface area (Å²) in [4.78, 5) is 26.8. The highest BCUT2D eigenvalue weighted by Crippen LogP contribution is 2.46. The Hall–Kier alpha value is -3.35. The third-order valence-corrected chi connectivity index (χ3v) is 6.24. The fourth-order valence-corrected chi connectivity index (χ4v) is 5.09. The Morgan fingerprint density at radius 3 is 2.65 bits per heavy atom. The molecule has 2 aromatic carbocycles. The van der Waals surface area contributed by atoms with Crippen molar-refractivity contribution in [3.8, 4) is 11.3 Å². The van der Waals surface area contributed by atoms with Crippen LogP contribution >= 0.6 is 0 Å². The lowest BCUT2D eigenvalue weighted by molar-refractivity contribution is -0.136. The number of fused-ring (bicyclic) bond motifs is 2. The van der Waals surface area contributed by atoms with Gasteiger partial charge in [0.1, 0.15) is 5.52 Å². The predicted octanol–water partition coefficient (Wildman–Crippen LogP) is 4.41. The van der Waals surface area contributed by atoms with Crippen LogP contribution in [0.15, 0.2) is 34.9 Å². The smallest absolute Gasteiger partial charge is 0.305 e. The van der Waals surface area contributed by atoms with Gasteiger partial charge < -0.3 is 19.8 Å².